The largest absolute Gasteiger partial charge is 0.349 e. The lowest BCUT2D eigenvalue weighted by Gasteiger charge is -2.32. The molecule has 3 nitrogen and oxygen atoms in total. The molecule has 0 aromatic carbocycles. The average Bonchev–Trinajstić information content (AvgIpc) is 3.11. The van der Waals surface area contributed by atoms with Gasteiger partial charge in [-0.15, -0.1) is 0 Å². The van der Waals surface area contributed by atoms with Crippen LogP contribution in [0.15, 0.2) is 18.3 Å². The molecule has 1 N–H and O–H groups in total. The highest BCUT2D eigenvalue weighted by Gasteiger charge is 2.54. The molecule has 1 amide bonds. The van der Waals surface area contributed by atoms with Gasteiger partial charge in [0.15, 0.2) is 0 Å². The third-order valence-electron chi connectivity index (χ3n) is 5.73. The van der Waals surface area contributed by atoms with E-state index < -0.39 is 5.95 Å². The zero-order valence-electron chi connectivity index (χ0n) is 11.4. The highest BCUT2D eigenvalue weighted by Crippen LogP contribution is 2.58. The molecule has 2 bridgehead atoms. The lowest BCUT2D eigenvalue weighted by atomic mass is 9.79. The van der Waals surface area contributed by atoms with E-state index in [1.807, 2.05) is 0 Å². The van der Waals surface area contributed by atoms with Crippen molar-refractivity contribution in [2.24, 2.45) is 23.7 Å². The van der Waals surface area contributed by atoms with Crippen molar-refractivity contribution in [1.82, 2.24) is 10.3 Å². The van der Waals surface area contributed by atoms with E-state index in [0.717, 1.165) is 24.2 Å². The second-order valence-electron chi connectivity index (χ2n) is 6.60. The predicted octanol–water partition coefficient (Wildman–Crippen LogP) is 2.78. The van der Waals surface area contributed by atoms with Crippen LogP contribution in [-0.4, -0.2) is 16.9 Å². The number of rotatable bonds is 2. The number of fused-ring (bicyclic) bond motifs is 5. The molecule has 3 saturated carbocycles. The van der Waals surface area contributed by atoms with Crippen molar-refractivity contribution in [3.05, 3.63) is 29.8 Å². The van der Waals surface area contributed by atoms with Crippen LogP contribution in [0, 0.1) is 29.6 Å². The first-order chi connectivity index (χ1) is 9.72. The van der Waals surface area contributed by atoms with Gasteiger partial charge in [0.05, 0.1) is 5.56 Å². The van der Waals surface area contributed by atoms with Gasteiger partial charge < -0.3 is 5.32 Å². The van der Waals surface area contributed by atoms with Gasteiger partial charge in [0.25, 0.3) is 5.91 Å². The molecule has 1 heterocycles. The summed E-state index contributed by atoms with van der Waals surface area (Å²) in [6.07, 6.45) is 7.85. The molecule has 5 unspecified atom stereocenters. The molecule has 0 saturated heterocycles. The standard InChI is InChI=1S/C16H19FN2O/c17-15-5-4-9(8-18-15)16(20)19-14-7-10-6-13(14)12-3-1-2-11(10)12/h4-5,8,10-14H,1-3,6-7H2,(H,19,20). The van der Waals surface area contributed by atoms with Crippen LogP contribution in [0.3, 0.4) is 0 Å². The number of hydrogen-bond donors (Lipinski definition) is 1. The Morgan fingerprint density at radius 2 is 2.05 bits per heavy atom. The maximum Gasteiger partial charge on any atom is 0.253 e. The molecule has 3 aliphatic carbocycles. The maximum absolute atomic E-state index is 12.8. The van der Waals surface area contributed by atoms with E-state index in [0.29, 0.717) is 17.5 Å². The Balaban J connectivity index is 1.45. The Labute approximate surface area is 118 Å². The highest BCUT2D eigenvalue weighted by molar-refractivity contribution is 5.94. The first-order valence-electron chi connectivity index (χ1n) is 7.65. The summed E-state index contributed by atoms with van der Waals surface area (Å²) in [5, 5.41) is 3.16. The zero-order chi connectivity index (χ0) is 13.7. The molecule has 106 valence electrons. The molecular weight excluding hydrogens is 255 g/mol. The smallest absolute Gasteiger partial charge is 0.253 e. The molecule has 5 atom stereocenters. The number of nitrogens with zero attached hydrogens (tertiary/aromatic N) is 1. The Bertz CT molecular complexity index is 530. The monoisotopic (exact) mass is 274 g/mol. The van der Waals surface area contributed by atoms with Gasteiger partial charge in [0.1, 0.15) is 0 Å². The Morgan fingerprint density at radius 3 is 2.85 bits per heavy atom. The molecule has 1 aromatic rings. The van der Waals surface area contributed by atoms with Gasteiger partial charge in [-0.1, -0.05) is 6.42 Å². The minimum Gasteiger partial charge on any atom is -0.349 e. The van der Waals surface area contributed by atoms with Gasteiger partial charge in [0, 0.05) is 12.2 Å². The molecule has 0 radical (unpaired) electrons. The summed E-state index contributed by atoms with van der Waals surface area (Å²) in [5.74, 6) is 2.61. The fourth-order valence-corrected chi connectivity index (χ4v) is 5.00. The van der Waals surface area contributed by atoms with Gasteiger partial charge in [-0.05, 0) is 61.5 Å². The topological polar surface area (TPSA) is 42.0 Å². The van der Waals surface area contributed by atoms with E-state index in [2.05, 4.69) is 10.3 Å². The second-order valence-corrected chi connectivity index (χ2v) is 6.60. The molecule has 20 heavy (non-hydrogen) atoms. The van der Waals surface area contributed by atoms with Crippen LogP contribution in [0.1, 0.15) is 42.5 Å². The van der Waals surface area contributed by atoms with Crippen LogP contribution >= 0.6 is 0 Å². The number of carbonyl (C=O) groups is 1. The third-order valence-corrected chi connectivity index (χ3v) is 5.73. The number of carbonyl (C=O) groups excluding carboxylic acids is 1. The quantitative estimate of drug-likeness (QED) is 0.843. The summed E-state index contributed by atoms with van der Waals surface area (Å²) in [6.45, 7) is 0. The summed E-state index contributed by atoms with van der Waals surface area (Å²) in [6, 6.07) is 3.06. The minimum absolute atomic E-state index is 0.107. The number of aromatic nitrogens is 1. The average molecular weight is 274 g/mol. The second kappa shape index (κ2) is 4.54. The molecule has 4 heteroatoms. The molecule has 3 fully saturated rings. The number of halogens is 1. The Morgan fingerprint density at radius 1 is 1.20 bits per heavy atom. The fourth-order valence-electron chi connectivity index (χ4n) is 5.00. The van der Waals surface area contributed by atoms with E-state index in [4.69, 9.17) is 0 Å². The van der Waals surface area contributed by atoms with E-state index in [1.54, 1.807) is 0 Å². The minimum atomic E-state index is -0.546. The molecular formula is C16H19FN2O. The number of pyridine rings is 1. The summed E-state index contributed by atoms with van der Waals surface area (Å²) in [4.78, 5) is 15.8. The van der Waals surface area contributed by atoms with Crippen molar-refractivity contribution < 1.29 is 9.18 Å². The first-order valence-corrected chi connectivity index (χ1v) is 7.65. The first kappa shape index (κ1) is 12.3. The zero-order valence-corrected chi connectivity index (χ0v) is 11.4. The van der Waals surface area contributed by atoms with Crippen LogP contribution in [0.5, 0.6) is 0 Å². The summed E-state index contributed by atoms with van der Waals surface area (Å²) < 4.78 is 12.8. The molecule has 1 aromatic heterocycles. The van der Waals surface area contributed by atoms with Gasteiger partial charge in [0.2, 0.25) is 5.95 Å². The van der Waals surface area contributed by atoms with E-state index in [-0.39, 0.29) is 5.91 Å². The van der Waals surface area contributed by atoms with Crippen molar-refractivity contribution in [1.29, 1.82) is 0 Å². The molecule has 0 aliphatic heterocycles. The fraction of sp³-hybridized carbons (Fsp3) is 0.625. The number of hydrogen-bond acceptors (Lipinski definition) is 2. The van der Waals surface area contributed by atoms with E-state index in [9.17, 15) is 9.18 Å². The normalized spacial score (nSPS) is 38.0. The Hall–Kier alpha value is -1.45. The van der Waals surface area contributed by atoms with Crippen LogP contribution in [-0.2, 0) is 0 Å². The van der Waals surface area contributed by atoms with Gasteiger partial charge in [-0.3, -0.25) is 4.79 Å². The molecule has 0 spiro atoms. The van der Waals surface area contributed by atoms with Crippen molar-refractivity contribution in [2.45, 2.75) is 38.1 Å². The lowest BCUT2D eigenvalue weighted by molar-refractivity contribution is 0.0900. The summed E-state index contributed by atoms with van der Waals surface area (Å²) >= 11 is 0. The lowest BCUT2D eigenvalue weighted by Crippen LogP contribution is -2.42. The van der Waals surface area contributed by atoms with Gasteiger partial charge in [-0.25, -0.2) is 4.98 Å². The predicted molar refractivity (Wildman–Crippen MR) is 72.5 cm³/mol. The number of nitrogens with one attached hydrogen (secondary N) is 1. The van der Waals surface area contributed by atoms with E-state index >= 15 is 0 Å². The van der Waals surface area contributed by atoms with Crippen molar-refractivity contribution in [2.75, 3.05) is 0 Å². The van der Waals surface area contributed by atoms with E-state index in [1.165, 1.54) is 44.0 Å². The van der Waals surface area contributed by atoms with Crippen molar-refractivity contribution in [3.8, 4) is 0 Å². The third kappa shape index (κ3) is 1.85. The summed E-state index contributed by atoms with van der Waals surface area (Å²) in [5.41, 5.74) is 0.456. The van der Waals surface area contributed by atoms with Crippen LogP contribution in [0.25, 0.3) is 0 Å². The molecule has 4 rings (SSSR count). The maximum atomic E-state index is 12.8. The molecule has 3 aliphatic rings. The summed E-state index contributed by atoms with van der Waals surface area (Å²) in [7, 11) is 0. The van der Waals surface area contributed by atoms with Gasteiger partial charge in [-0.2, -0.15) is 4.39 Å². The number of amides is 1. The van der Waals surface area contributed by atoms with Crippen molar-refractivity contribution in [3.63, 3.8) is 0 Å². The SMILES string of the molecule is O=C(NC1CC2CC1C1CCCC21)c1ccc(F)nc1. The van der Waals surface area contributed by atoms with Crippen LogP contribution in [0.4, 0.5) is 4.39 Å². The Kier molecular flexibility index (Phi) is 2.79. The van der Waals surface area contributed by atoms with Crippen LogP contribution in [0.2, 0.25) is 0 Å². The highest BCUT2D eigenvalue weighted by atomic mass is 19.1. The van der Waals surface area contributed by atoms with Crippen molar-refractivity contribution >= 4 is 5.91 Å². The van der Waals surface area contributed by atoms with Gasteiger partial charge >= 0.3 is 0 Å². The van der Waals surface area contributed by atoms with Crippen LogP contribution < -0.4 is 5.32 Å².